The Labute approximate surface area is 59.0 Å². The van der Waals surface area contributed by atoms with Crippen LogP contribution >= 0.6 is 0 Å². The SMILES string of the molecule is C.CC1CC=CCC1C. The van der Waals surface area contributed by atoms with Gasteiger partial charge in [0.25, 0.3) is 0 Å². The van der Waals surface area contributed by atoms with Crippen molar-refractivity contribution in [2.24, 2.45) is 11.8 Å². The largest absolute Gasteiger partial charge is 0.0883 e. The molecule has 0 N–H and O–H groups in total. The van der Waals surface area contributed by atoms with Crippen molar-refractivity contribution in [3.05, 3.63) is 12.2 Å². The van der Waals surface area contributed by atoms with E-state index >= 15 is 0 Å². The van der Waals surface area contributed by atoms with Gasteiger partial charge in [-0.2, -0.15) is 0 Å². The molecule has 0 saturated carbocycles. The predicted octanol–water partition coefficient (Wildman–Crippen LogP) is 3.24. The third-order valence-electron chi connectivity index (χ3n) is 2.15. The zero-order chi connectivity index (χ0) is 5.98. The molecule has 2 unspecified atom stereocenters. The van der Waals surface area contributed by atoms with Crippen LogP contribution in [0.1, 0.15) is 34.1 Å². The molecule has 0 spiro atoms. The number of hydrogen-bond acceptors (Lipinski definition) is 0. The maximum absolute atomic E-state index is 2.33. The van der Waals surface area contributed by atoms with Crippen LogP contribution in [0.5, 0.6) is 0 Å². The number of rotatable bonds is 0. The molecule has 0 heteroatoms. The van der Waals surface area contributed by atoms with E-state index in [1.54, 1.807) is 0 Å². The zero-order valence-corrected chi connectivity index (χ0v) is 5.72. The van der Waals surface area contributed by atoms with Crippen molar-refractivity contribution in [2.45, 2.75) is 34.1 Å². The van der Waals surface area contributed by atoms with E-state index in [9.17, 15) is 0 Å². The smallest absolute Gasteiger partial charge is 0.0322 e. The van der Waals surface area contributed by atoms with Crippen molar-refractivity contribution in [3.8, 4) is 0 Å². The predicted molar refractivity (Wildman–Crippen MR) is 43.4 cm³/mol. The van der Waals surface area contributed by atoms with Gasteiger partial charge in [-0.25, -0.2) is 0 Å². The molecule has 0 aliphatic heterocycles. The first kappa shape index (κ1) is 8.74. The van der Waals surface area contributed by atoms with Crippen LogP contribution in [0.4, 0.5) is 0 Å². The Bertz CT molecular complexity index is 80.2. The van der Waals surface area contributed by atoms with Gasteiger partial charge < -0.3 is 0 Å². The second-order valence-electron chi connectivity index (χ2n) is 2.90. The average molecular weight is 126 g/mol. The topological polar surface area (TPSA) is 0 Å². The van der Waals surface area contributed by atoms with Crippen LogP contribution in [0.2, 0.25) is 0 Å². The molecule has 0 aromatic carbocycles. The van der Waals surface area contributed by atoms with Crippen molar-refractivity contribution < 1.29 is 0 Å². The summed E-state index contributed by atoms with van der Waals surface area (Å²) in [5.41, 5.74) is 0. The van der Waals surface area contributed by atoms with Gasteiger partial charge in [-0.3, -0.25) is 0 Å². The van der Waals surface area contributed by atoms with E-state index in [2.05, 4.69) is 26.0 Å². The van der Waals surface area contributed by atoms with E-state index in [1.807, 2.05) is 0 Å². The van der Waals surface area contributed by atoms with Crippen LogP contribution in [0, 0.1) is 11.8 Å². The van der Waals surface area contributed by atoms with E-state index in [0.29, 0.717) is 0 Å². The van der Waals surface area contributed by atoms with E-state index in [-0.39, 0.29) is 7.43 Å². The Morgan fingerprint density at radius 1 is 1.00 bits per heavy atom. The van der Waals surface area contributed by atoms with Crippen molar-refractivity contribution in [1.82, 2.24) is 0 Å². The van der Waals surface area contributed by atoms with Crippen LogP contribution in [-0.2, 0) is 0 Å². The van der Waals surface area contributed by atoms with Gasteiger partial charge in [0.1, 0.15) is 0 Å². The Kier molecular flexibility index (Phi) is 3.60. The lowest BCUT2D eigenvalue weighted by Crippen LogP contribution is -2.08. The molecular weight excluding hydrogens is 108 g/mol. The summed E-state index contributed by atoms with van der Waals surface area (Å²) in [5.74, 6) is 1.83. The van der Waals surface area contributed by atoms with Crippen LogP contribution in [0.25, 0.3) is 0 Å². The molecule has 0 saturated heterocycles. The van der Waals surface area contributed by atoms with Gasteiger partial charge in [-0.05, 0) is 24.7 Å². The standard InChI is InChI=1S/C8H14.CH4/c1-7-5-3-4-6-8(7)2;/h3-4,7-8H,5-6H2,1-2H3;1H4. The summed E-state index contributed by atoms with van der Waals surface area (Å²) in [6, 6.07) is 0. The molecule has 0 nitrogen and oxygen atoms in total. The maximum Gasteiger partial charge on any atom is -0.0322 e. The minimum absolute atomic E-state index is 0. The lowest BCUT2D eigenvalue weighted by Gasteiger charge is -2.19. The first-order valence-corrected chi connectivity index (χ1v) is 3.45. The maximum atomic E-state index is 2.33. The molecule has 0 aromatic rings. The van der Waals surface area contributed by atoms with E-state index in [4.69, 9.17) is 0 Å². The summed E-state index contributed by atoms with van der Waals surface area (Å²) in [6.07, 6.45) is 7.18. The first-order valence-electron chi connectivity index (χ1n) is 3.45. The second-order valence-corrected chi connectivity index (χ2v) is 2.90. The highest BCUT2D eigenvalue weighted by Crippen LogP contribution is 2.23. The molecule has 0 amide bonds. The highest BCUT2D eigenvalue weighted by atomic mass is 14.2. The summed E-state index contributed by atoms with van der Waals surface area (Å²) >= 11 is 0. The van der Waals surface area contributed by atoms with E-state index in [0.717, 1.165) is 11.8 Å². The molecule has 0 radical (unpaired) electrons. The third kappa shape index (κ3) is 2.21. The van der Waals surface area contributed by atoms with Crippen LogP contribution in [0.3, 0.4) is 0 Å². The van der Waals surface area contributed by atoms with Crippen LogP contribution in [-0.4, -0.2) is 0 Å². The molecule has 0 fully saturated rings. The molecule has 1 aliphatic carbocycles. The molecule has 54 valence electrons. The summed E-state index contributed by atoms with van der Waals surface area (Å²) in [6.45, 7) is 4.66. The summed E-state index contributed by atoms with van der Waals surface area (Å²) in [5, 5.41) is 0. The van der Waals surface area contributed by atoms with Crippen molar-refractivity contribution >= 4 is 0 Å². The molecular formula is C9H18. The molecule has 9 heavy (non-hydrogen) atoms. The van der Waals surface area contributed by atoms with Crippen molar-refractivity contribution in [2.75, 3.05) is 0 Å². The van der Waals surface area contributed by atoms with Gasteiger partial charge >= 0.3 is 0 Å². The van der Waals surface area contributed by atoms with Crippen LogP contribution < -0.4 is 0 Å². The van der Waals surface area contributed by atoms with Gasteiger partial charge in [0.2, 0.25) is 0 Å². The molecule has 0 aromatic heterocycles. The second kappa shape index (κ2) is 3.71. The molecule has 0 heterocycles. The Morgan fingerprint density at radius 2 is 1.33 bits per heavy atom. The summed E-state index contributed by atoms with van der Waals surface area (Å²) in [7, 11) is 0. The Hall–Kier alpha value is -0.260. The zero-order valence-electron chi connectivity index (χ0n) is 5.72. The Morgan fingerprint density at radius 3 is 1.56 bits per heavy atom. The minimum atomic E-state index is 0. The van der Waals surface area contributed by atoms with Crippen molar-refractivity contribution in [3.63, 3.8) is 0 Å². The van der Waals surface area contributed by atoms with Gasteiger partial charge in [0, 0.05) is 0 Å². The number of allylic oxidation sites excluding steroid dienone is 2. The summed E-state index contributed by atoms with van der Waals surface area (Å²) in [4.78, 5) is 0. The van der Waals surface area contributed by atoms with Crippen LogP contribution in [0.15, 0.2) is 12.2 Å². The van der Waals surface area contributed by atoms with Gasteiger partial charge in [0.15, 0.2) is 0 Å². The first-order chi connectivity index (χ1) is 3.80. The van der Waals surface area contributed by atoms with E-state index < -0.39 is 0 Å². The highest BCUT2D eigenvalue weighted by molar-refractivity contribution is 4.91. The fraction of sp³-hybridized carbons (Fsp3) is 0.778. The Balaban J connectivity index is 0.000000640. The average Bonchev–Trinajstić information content (AvgIpc) is 1.77. The van der Waals surface area contributed by atoms with Gasteiger partial charge in [-0.15, -0.1) is 0 Å². The third-order valence-corrected chi connectivity index (χ3v) is 2.15. The number of hydrogen-bond donors (Lipinski definition) is 0. The van der Waals surface area contributed by atoms with E-state index in [1.165, 1.54) is 12.8 Å². The normalized spacial score (nSPS) is 33.6. The highest BCUT2D eigenvalue weighted by Gasteiger charge is 2.11. The lowest BCUT2D eigenvalue weighted by atomic mass is 9.86. The lowest BCUT2D eigenvalue weighted by molar-refractivity contribution is 0.380. The van der Waals surface area contributed by atoms with Gasteiger partial charge in [0.05, 0.1) is 0 Å². The fourth-order valence-corrected chi connectivity index (χ4v) is 1.09. The molecule has 0 bridgehead atoms. The molecule has 1 aliphatic rings. The summed E-state index contributed by atoms with van der Waals surface area (Å²) < 4.78 is 0. The molecule has 1 rings (SSSR count). The fourth-order valence-electron chi connectivity index (χ4n) is 1.09. The van der Waals surface area contributed by atoms with Crippen molar-refractivity contribution in [1.29, 1.82) is 0 Å². The minimum Gasteiger partial charge on any atom is -0.0883 e. The molecule has 2 atom stereocenters. The monoisotopic (exact) mass is 126 g/mol. The van der Waals surface area contributed by atoms with Gasteiger partial charge in [-0.1, -0.05) is 33.4 Å². The quantitative estimate of drug-likeness (QED) is 0.437.